The van der Waals surface area contributed by atoms with Crippen molar-refractivity contribution in [2.75, 3.05) is 14.2 Å². The zero-order valence-electron chi connectivity index (χ0n) is 19.4. The van der Waals surface area contributed by atoms with Crippen molar-refractivity contribution in [2.45, 2.75) is 32.4 Å². The van der Waals surface area contributed by atoms with Crippen LogP contribution in [0, 0.1) is 0 Å². The maximum atomic E-state index is 12.9. The Bertz CT molecular complexity index is 1170. The van der Waals surface area contributed by atoms with Crippen LogP contribution in [0.5, 0.6) is 5.75 Å². The highest BCUT2D eigenvalue weighted by Crippen LogP contribution is 2.45. The molecule has 2 aromatic carbocycles. The minimum atomic E-state index is -0.479. The van der Waals surface area contributed by atoms with Crippen LogP contribution in [-0.4, -0.2) is 36.2 Å². The number of rotatable bonds is 8. The number of carbonyl (C=O) groups excluding carboxylic acids is 2. The smallest absolute Gasteiger partial charge is 0.338 e. The summed E-state index contributed by atoms with van der Waals surface area (Å²) in [6.45, 7) is 2.42. The molecule has 0 saturated carbocycles. The number of nitrogens with one attached hydrogen (secondary N) is 1. The molecule has 1 atom stereocenters. The number of hydrogen-bond acceptors (Lipinski definition) is 7. The third-order valence-electron chi connectivity index (χ3n) is 5.71. The lowest BCUT2D eigenvalue weighted by atomic mass is 9.92. The van der Waals surface area contributed by atoms with Gasteiger partial charge in [0.25, 0.3) is 0 Å². The van der Waals surface area contributed by atoms with Gasteiger partial charge in [0.15, 0.2) is 5.17 Å². The first-order chi connectivity index (χ1) is 16.5. The van der Waals surface area contributed by atoms with Crippen LogP contribution in [-0.2, 0) is 20.9 Å². The maximum absolute atomic E-state index is 12.9. The molecule has 2 aliphatic heterocycles. The average molecular weight is 478 g/mol. The molecule has 8 heteroatoms. The van der Waals surface area contributed by atoms with Crippen LogP contribution in [0.2, 0.25) is 0 Å². The molecule has 0 bridgehead atoms. The van der Waals surface area contributed by atoms with Crippen LogP contribution >= 0.6 is 11.8 Å². The summed E-state index contributed by atoms with van der Waals surface area (Å²) >= 11 is 1.46. The normalized spacial score (nSPS) is 17.0. The van der Waals surface area contributed by atoms with E-state index in [9.17, 15) is 9.59 Å². The third kappa shape index (κ3) is 4.87. The first-order valence-corrected chi connectivity index (χ1v) is 11.9. The zero-order chi connectivity index (χ0) is 24.1. The van der Waals surface area contributed by atoms with Gasteiger partial charge in [0.05, 0.1) is 38.0 Å². The van der Waals surface area contributed by atoms with Gasteiger partial charge < -0.3 is 19.7 Å². The number of carbonyl (C=O) groups is 2. The fraction of sp³-hybridized carbons (Fsp3) is 0.269. The van der Waals surface area contributed by atoms with Gasteiger partial charge in [-0.15, -0.1) is 0 Å². The van der Waals surface area contributed by atoms with E-state index in [-0.39, 0.29) is 12.3 Å². The first-order valence-electron chi connectivity index (χ1n) is 11.0. The third-order valence-corrected chi connectivity index (χ3v) is 6.60. The Labute approximate surface area is 203 Å². The standard InChI is InChI=1S/C26H27N3O4S/c1-4-21-23(25(31)33-3)24(18-11-8-12-20(13-18)32-2)29-19(16-34-26(29)28-21)14-22(30)27-15-17-9-6-5-7-10-17/h5-13,16,24H,4,14-15H2,1-3H3,(H,27,30). The number of amides is 1. The number of fused-ring (bicyclic) bond motifs is 1. The fourth-order valence-corrected chi connectivity index (χ4v) is 5.00. The second kappa shape index (κ2) is 10.6. The van der Waals surface area contributed by atoms with Crippen LogP contribution in [0.15, 0.2) is 82.0 Å². The van der Waals surface area contributed by atoms with Crippen molar-refractivity contribution < 1.29 is 19.1 Å². The van der Waals surface area contributed by atoms with E-state index in [1.807, 2.05) is 71.8 Å². The van der Waals surface area contributed by atoms with Gasteiger partial charge in [0.1, 0.15) is 5.75 Å². The van der Waals surface area contributed by atoms with Crippen molar-refractivity contribution in [1.29, 1.82) is 0 Å². The SMILES string of the molecule is CCC1=C(C(=O)OC)C(c2cccc(OC)c2)N2C(CC(=O)NCc3ccccc3)=CSC2=N1. The predicted molar refractivity (Wildman–Crippen MR) is 133 cm³/mol. The molecular weight excluding hydrogens is 450 g/mol. The summed E-state index contributed by atoms with van der Waals surface area (Å²) < 4.78 is 10.6. The second-order valence-corrected chi connectivity index (χ2v) is 8.65. The molecule has 0 spiro atoms. The Balaban J connectivity index is 1.65. The molecule has 0 aliphatic carbocycles. The lowest BCUT2D eigenvalue weighted by Crippen LogP contribution is -2.38. The molecule has 2 aromatic rings. The highest BCUT2D eigenvalue weighted by molar-refractivity contribution is 8.16. The van der Waals surface area contributed by atoms with E-state index in [1.165, 1.54) is 18.9 Å². The largest absolute Gasteiger partial charge is 0.497 e. The van der Waals surface area contributed by atoms with Crippen molar-refractivity contribution in [3.63, 3.8) is 0 Å². The van der Waals surface area contributed by atoms with Crippen molar-refractivity contribution >= 4 is 28.8 Å². The van der Waals surface area contributed by atoms with Crippen molar-refractivity contribution in [1.82, 2.24) is 10.2 Å². The Morgan fingerprint density at radius 3 is 2.62 bits per heavy atom. The number of hydrogen-bond donors (Lipinski definition) is 1. The summed E-state index contributed by atoms with van der Waals surface area (Å²) in [5, 5.41) is 5.65. The van der Waals surface area contributed by atoms with Crippen molar-refractivity contribution in [2.24, 2.45) is 4.99 Å². The summed E-state index contributed by atoms with van der Waals surface area (Å²) in [6.07, 6.45) is 0.741. The molecule has 0 fully saturated rings. The molecule has 176 valence electrons. The molecule has 2 aliphatic rings. The average Bonchev–Trinajstić information content (AvgIpc) is 3.28. The number of nitrogens with zero attached hydrogens (tertiary/aromatic N) is 2. The number of aliphatic imine (C=N–C) groups is 1. The van der Waals surface area contributed by atoms with Gasteiger partial charge in [-0.1, -0.05) is 61.2 Å². The molecule has 0 saturated heterocycles. The first kappa shape index (κ1) is 23.6. The minimum absolute atomic E-state index is 0.105. The van der Waals surface area contributed by atoms with Gasteiger partial charge in [0.2, 0.25) is 5.91 Å². The van der Waals surface area contributed by atoms with Crippen LogP contribution < -0.4 is 10.1 Å². The molecule has 4 rings (SSSR count). The summed E-state index contributed by atoms with van der Waals surface area (Å²) in [4.78, 5) is 32.5. The number of methoxy groups -OCH3 is 2. The Morgan fingerprint density at radius 1 is 1.12 bits per heavy atom. The molecule has 1 amide bonds. The molecule has 0 radical (unpaired) electrons. The van der Waals surface area contributed by atoms with Gasteiger partial charge in [-0.05, 0) is 35.1 Å². The van der Waals surface area contributed by atoms with E-state index < -0.39 is 12.0 Å². The van der Waals surface area contributed by atoms with Crippen LogP contribution in [0.1, 0.15) is 36.9 Å². The number of allylic oxidation sites excluding steroid dienone is 1. The van der Waals surface area contributed by atoms with E-state index in [2.05, 4.69) is 5.32 Å². The van der Waals surface area contributed by atoms with Gasteiger partial charge >= 0.3 is 5.97 Å². The highest BCUT2D eigenvalue weighted by atomic mass is 32.2. The molecule has 1 N–H and O–H groups in total. The number of benzene rings is 2. The maximum Gasteiger partial charge on any atom is 0.338 e. The molecule has 0 aromatic heterocycles. The van der Waals surface area contributed by atoms with E-state index in [0.717, 1.165) is 22.0 Å². The second-order valence-electron chi connectivity index (χ2n) is 7.82. The molecule has 34 heavy (non-hydrogen) atoms. The van der Waals surface area contributed by atoms with Crippen molar-refractivity contribution in [3.8, 4) is 5.75 Å². The fourth-order valence-electron chi connectivity index (χ4n) is 4.06. The monoisotopic (exact) mass is 477 g/mol. The Morgan fingerprint density at radius 2 is 1.91 bits per heavy atom. The Hall–Kier alpha value is -3.52. The van der Waals surface area contributed by atoms with E-state index in [0.29, 0.717) is 30.0 Å². The van der Waals surface area contributed by atoms with Crippen molar-refractivity contribution in [3.05, 3.63) is 88.1 Å². The molecule has 2 heterocycles. The molecular formula is C26H27N3O4S. The highest BCUT2D eigenvalue weighted by Gasteiger charge is 2.41. The molecule has 7 nitrogen and oxygen atoms in total. The van der Waals surface area contributed by atoms with Crippen LogP contribution in [0.4, 0.5) is 0 Å². The summed E-state index contributed by atoms with van der Waals surface area (Å²) in [5.74, 6) is 0.144. The van der Waals surface area contributed by atoms with Gasteiger partial charge in [-0.3, -0.25) is 4.79 Å². The number of thioether (sulfide) groups is 1. The zero-order valence-corrected chi connectivity index (χ0v) is 20.2. The predicted octanol–water partition coefficient (Wildman–Crippen LogP) is 4.54. The van der Waals surface area contributed by atoms with Gasteiger partial charge in [0, 0.05) is 12.2 Å². The number of ether oxygens (including phenoxy) is 2. The van der Waals surface area contributed by atoms with E-state index >= 15 is 0 Å². The Kier molecular flexibility index (Phi) is 7.37. The molecule has 1 unspecified atom stereocenters. The topological polar surface area (TPSA) is 80.2 Å². The minimum Gasteiger partial charge on any atom is -0.497 e. The summed E-state index contributed by atoms with van der Waals surface area (Å²) in [6, 6.07) is 16.9. The lowest BCUT2D eigenvalue weighted by molar-refractivity contribution is -0.136. The summed E-state index contributed by atoms with van der Waals surface area (Å²) in [5.41, 5.74) is 3.82. The lowest BCUT2D eigenvalue weighted by Gasteiger charge is -2.36. The quantitative estimate of drug-likeness (QED) is 0.563. The van der Waals surface area contributed by atoms with Crippen LogP contribution in [0.25, 0.3) is 0 Å². The number of esters is 1. The summed E-state index contributed by atoms with van der Waals surface area (Å²) in [7, 11) is 2.98. The van der Waals surface area contributed by atoms with Gasteiger partial charge in [-0.2, -0.15) is 0 Å². The van der Waals surface area contributed by atoms with Gasteiger partial charge in [-0.25, -0.2) is 9.79 Å². The van der Waals surface area contributed by atoms with E-state index in [1.54, 1.807) is 7.11 Å². The van der Waals surface area contributed by atoms with E-state index in [4.69, 9.17) is 14.5 Å². The number of amidine groups is 1. The van der Waals surface area contributed by atoms with Crippen LogP contribution in [0.3, 0.4) is 0 Å².